The number of likely N-dealkylation sites (N-methyl/N-ethyl adjacent to an activating group) is 2. The standard InChI is InChI=1S/C14H23N3O2S/c1-3-17-13(19)15(2)12(18)14(17)5-7-16(8-6-14)11-4-9-20-10-11/h11H,3-10H2,1-2H3/t11-/m1/s1. The summed E-state index contributed by atoms with van der Waals surface area (Å²) in [6.45, 7) is 4.46. The van der Waals surface area contributed by atoms with Crippen LogP contribution in [0.25, 0.3) is 0 Å². The van der Waals surface area contributed by atoms with Crippen molar-refractivity contribution >= 4 is 23.7 Å². The van der Waals surface area contributed by atoms with E-state index in [4.69, 9.17) is 0 Å². The second kappa shape index (κ2) is 5.22. The van der Waals surface area contributed by atoms with Gasteiger partial charge in [0.1, 0.15) is 5.54 Å². The third kappa shape index (κ3) is 1.96. The Bertz CT molecular complexity index is 415. The minimum absolute atomic E-state index is 0.00444. The van der Waals surface area contributed by atoms with Gasteiger partial charge in [-0.15, -0.1) is 0 Å². The fourth-order valence-corrected chi connectivity index (χ4v) is 5.12. The van der Waals surface area contributed by atoms with Gasteiger partial charge >= 0.3 is 6.03 Å². The maximum absolute atomic E-state index is 12.5. The van der Waals surface area contributed by atoms with Crippen LogP contribution in [0.15, 0.2) is 0 Å². The summed E-state index contributed by atoms with van der Waals surface area (Å²) in [5.41, 5.74) is -0.553. The van der Waals surface area contributed by atoms with Gasteiger partial charge in [0.25, 0.3) is 5.91 Å². The monoisotopic (exact) mass is 297 g/mol. The predicted molar refractivity (Wildman–Crippen MR) is 79.8 cm³/mol. The summed E-state index contributed by atoms with van der Waals surface area (Å²) >= 11 is 2.02. The summed E-state index contributed by atoms with van der Waals surface area (Å²) in [6, 6.07) is 0.555. The molecule has 0 aromatic carbocycles. The summed E-state index contributed by atoms with van der Waals surface area (Å²) in [5, 5.41) is 0. The number of hydrogen-bond acceptors (Lipinski definition) is 4. The number of imide groups is 1. The summed E-state index contributed by atoms with van der Waals surface area (Å²) in [6.07, 6.45) is 2.84. The van der Waals surface area contributed by atoms with Crippen LogP contribution in [0.5, 0.6) is 0 Å². The Balaban J connectivity index is 1.74. The quantitative estimate of drug-likeness (QED) is 0.719. The second-order valence-corrected chi connectivity index (χ2v) is 7.13. The lowest BCUT2D eigenvalue weighted by Gasteiger charge is -2.43. The average molecular weight is 297 g/mol. The molecule has 0 aromatic rings. The van der Waals surface area contributed by atoms with Crippen LogP contribution in [-0.2, 0) is 4.79 Å². The van der Waals surface area contributed by atoms with Crippen molar-refractivity contribution in [1.29, 1.82) is 0 Å². The minimum atomic E-state index is -0.553. The molecule has 0 bridgehead atoms. The Morgan fingerprint density at radius 1 is 1.30 bits per heavy atom. The number of hydrogen-bond donors (Lipinski definition) is 0. The molecule has 112 valence electrons. The molecule has 20 heavy (non-hydrogen) atoms. The molecule has 3 rings (SSSR count). The first-order valence-electron chi connectivity index (χ1n) is 7.51. The number of carbonyl (C=O) groups excluding carboxylic acids is 2. The highest BCUT2D eigenvalue weighted by molar-refractivity contribution is 7.99. The van der Waals surface area contributed by atoms with Gasteiger partial charge < -0.3 is 4.90 Å². The first-order chi connectivity index (χ1) is 9.60. The van der Waals surface area contributed by atoms with E-state index in [1.807, 2.05) is 18.7 Å². The van der Waals surface area contributed by atoms with Gasteiger partial charge in [0.05, 0.1) is 0 Å². The molecular formula is C14H23N3O2S. The number of carbonyl (C=O) groups is 2. The Labute approximate surface area is 124 Å². The first kappa shape index (κ1) is 14.2. The van der Waals surface area contributed by atoms with Crippen molar-refractivity contribution in [2.45, 2.75) is 37.8 Å². The molecule has 3 amide bonds. The average Bonchev–Trinajstić information content (AvgIpc) is 3.05. The molecule has 0 aromatic heterocycles. The molecule has 0 N–H and O–H groups in total. The minimum Gasteiger partial charge on any atom is -0.310 e. The molecule has 6 heteroatoms. The third-order valence-corrected chi connectivity index (χ3v) is 6.25. The number of amides is 3. The molecule has 0 radical (unpaired) electrons. The van der Waals surface area contributed by atoms with Crippen molar-refractivity contribution in [3.8, 4) is 0 Å². The van der Waals surface area contributed by atoms with Crippen LogP contribution in [0, 0.1) is 0 Å². The summed E-state index contributed by atoms with van der Waals surface area (Å²) in [5.74, 6) is 2.48. The summed E-state index contributed by atoms with van der Waals surface area (Å²) < 4.78 is 0. The van der Waals surface area contributed by atoms with E-state index in [-0.39, 0.29) is 11.9 Å². The van der Waals surface area contributed by atoms with Crippen molar-refractivity contribution in [3.05, 3.63) is 0 Å². The molecule has 3 fully saturated rings. The number of rotatable bonds is 2. The van der Waals surface area contributed by atoms with Crippen LogP contribution in [0.3, 0.4) is 0 Å². The lowest BCUT2D eigenvalue weighted by molar-refractivity contribution is -0.135. The van der Waals surface area contributed by atoms with E-state index in [0.717, 1.165) is 25.9 Å². The molecule has 3 heterocycles. The normalized spacial score (nSPS) is 30.8. The van der Waals surface area contributed by atoms with Crippen LogP contribution in [0.4, 0.5) is 4.79 Å². The molecule has 1 spiro atoms. The zero-order valence-corrected chi connectivity index (χ0v) is 13.1. The smallest absolute Gasteiger partial charge is 0.310 e. The summed E-state index contributed by atoms with van der Waals surface area (Å²) in [7, 11) is 1.61. The molecular weight excluding hydrogens is 274 g/mol. The molecule has 3 aliphatic heterocycles. The molecule has 0 unspecified atom stereocenters. The lowest BCUT2D eigenvalue weighted by atomic mass is 9.85. The van der Waals surface area contributed by atoms with Crippen LogP contribution in [-0.4, -0.2) is 76.4 Å². The Kier molecular flexibility index (Phi) is 3.71. The zero-order chi connectivity index (χ0) is 14.3. The summed E-state index contributed by atoms with van der Waals surface area (Å²) in [4.78, 5) is 30.3. The predicted octanol–water partition coefficient (Wildman–Crippen LogP) is 1.24. The fraction of sp³-hybridized carbons (Fsp3) is 0.857. The number of likely N-dealkylation sites (tertiary alicyclic amines) is 1. The maximum atomic E-state index is 12.5. The van der Waals surface area contributed by atoms with Crippen LogP contribution in [0.2, 0.25) is 0 Å². The Hall–Kier alpha value is -0.750. The number of piperidine rings is 1. The number of nitrogens with zero attached hydrogens (tertiary/aromatic N) is 3. The topological polar surface area (TPSA) is 43.9 Å². The molecule has 3 aliphatic rings. The Morgan fingerprint density at radius 2 is 2.00 bits per heavy atom. The fourth-order valence-electron chi connectivity index (χ4n) is 3.87. The zero-order valence-electron chi connectivity index (χ0n) is 12.3. The van der Waals surface area contributed by atoms with Crippen molar-refractivity contribution < 1.29 is 9.59 Å². The van der Waals surface area contributed by atoms with Gasteiger partial charge in [-0.25, -0.2) is 4.79 Å². The van der Waals surface area contributed by atoms with Gasteiger partial charge in [0.2, 0.25) is 0 Å². The van der Waals surface area contributed by atoms with Crippen molar-refractivity contribution in [2.24, 2.45) is 0 Å². The SMILES string of the molecule is CCN1C(=O)N(C)C(=O)C12CCN([C@@H]1CCSC1)CC2. The van der Waals surface area contributed by atoms with Gasteiger partial charge in [-0.3, -0.25) is 14.6 Å². The Morgan fingerprint density at radius 3 is 2.55 bits per heavy atom. The van der Waals surface area contributed by atoms with Gasteiger partial charge in [-0.1, -0.05) is 0 Å². The largest absolute Gasteiger partial charge is 0.327 e. The highest BCUT2D eigenvalue weighted by Crippen LogP contribution is 2.38. The number of thioether (sulfide) groups is 1. The van der Waals surface area contributed by atoms with Crippen LogP contribution < -0.4 is 0 Å². The van der Waals surface area contributed by atoms with E-state index in [1.165, 1.54) is 22.8 Å². The van der Waals surface area contributed by atoms with E-state index < -0.39 is 5.54 Å². The molecule has 0 aliphatic carbocycles. The lowest BCUT2D eigenvalue weighted by Crippen LogP contribution is -2.57. The third-order valence-electron chi connectivity index (χ3n) is 5.10. The maximum Gasteiger partial charge on any atom is 0.327 e. The van der Waals surface area contributed by atoms with E-state index in [2.05, 4.69) is 4.90 Å². The van der Waals surface area contributed by atoms with Gasteiger partial charge in [0, 0.05) is 38.5 Å². The van der Waals surface area contributed by atoms with Gasteiger partial charge in [-0.05, 0) is 31.9 Å². The first-order valence-corrected chi connectivity index (χ1v) is 8.67. The van der Waals surface area contributed by atoms with Gasteiger partial charge in [0.15, 0.2) is 0 Å². The van der Waals surface area contributed by atoms with Crippen molar-refractivity contribution in [3.63, 3.8) is 0 Å². The molecule has 5 nitrogen and oxygen atoms in total. The molecule has 1 atom stereocenters. The number of urea groups is 1. The van der Waals surface area contributed by atoms with Gasteiger partial charge in [-0.2, -0.15) is 11.8 Å². The van der Waals surface area contributed by atoms with Crippen LogP contribution >= 0.6 is 11.8 Å². The second-order valence-electron chi connectivity index (χ2n) is 5.98. The highest BCUT2D eigenvalue weighted by Gasteiger charge is 2.56. The highest BCUT2D eigenvalue weighted by atomic mass is 32.2. The molecule has 0 saturated carbocycles. The molecule has 3 saturated heterocycles. The van der Waals surface area contributed by atoms with E-state index >= 15 is 0 Å². The van der Waals surface area contributed by atoms with Crippen molar-refractivity contribution in [2.75, 3.05) is 38.2 Å². The van der Waals surface area contributed by atoms with E-state index in [0.29, 0.717) is 12.6 Å². The van der Waals surface area contributed by atoms with E-state index in [9.17, 15) is 9.59 Å². The van der Waals surface area contributed by atoms with Crippen molar-refractivity contribution in [1.82, 2.24) is 14.7 Å². The van der Waals surface area contributed by atoms with E-state index in [1.54, 1.807) is 11.9 Å². The van der Waals surface area contributed by atoms with Crippen LogP contribution in [0.1, 0.15) is 26.2 Å².